The molecule has 0 radical (unpaired) electrons. The standard InChI is InChI=1S/C18H24FN5O/c1-2-17-16(13-22-24(17)15-5-3-14(19)4-6-15)18(25)21-9-12-23-10-7-20-8-11-23/h3-6,13,20H,2,7-12H2,1H3,(H,21,25). The Kier molecular flexibility index (Phi) is 5.78. The van der Waals surface area contributed by atoms with Crippen molar-refractivity contribution in [1.29, 1.82) is 0 Å². The van der Waals surface area contributed by atoms with E-state index in [0.717, 1.165) is 44.1 Å². The molecule has 0 atom stereocenters. The number of hydrogen-bond donors (Lipinski definition) is 2. The van der Waals surface area contributed by atoms with Crippen molar-refractivity contribution in [3.63, 3.8) is 0 Å². The first-order chi connectivity index (χ1) is 12.2. The molecular weight excluding hydrogens is 321 g/mol. The van der Waals surface area contributed by atoms with Gasteiger partial charge in [-0.1, -0.05) is 6.92 Å². The van der Waals surface area contributed by atoms with Crippen LogP contribution in [-0.4, -0.2) is 59.9 Å². The molecule has 1 aliphatic heterocycles. The van der Waals surface area contributed by atoms with E-state index in [9.17, 15) is 9.18 Å². The van der Waals surface area contributed by atoms with E-state index in [1.165, 1.54) is 12.1 Å². The molecular formula is C18H24FN5O. The Balaban J connectivity index is 1.65. The number of nitrogens with zero attached hydrogens (tertiary/aromatic N) is 3. The summed E-state index contributed by atoms with van der Waals surface area (Å²) in [6.07, 6.45) is 2.25. The highest BCUT2D eigenvalue weighted by atomic mass is 19.1. The number of nitrogens with one attached hydrogen (secondary N) is 2. The van der Waals surface area contributed by atoms with Crippen LogP contribution in [0.25, 0.3) is 5.69 Å². The quantitative estimate of drug-likeness (QED) is 0.826. The molecule has 1 amide bonds. The molecule has 2 aromatic rings. The van der Waals surface area contributed by atoms with Crippen LogP contribution >= 0.6 is 0 Å². The maximum Gasteiger partial charge on any atom is 0.254 e. The monoisotopic (exact) mass is 345 g/mol. The second-order valence-corrected chi connectivity index (χ2v) is 6.09. The predicted octanol–water partition coefficient (Wildman–Crippen LogP) is 1.21. The lowest BCUT2D eigenvalue weighted by molar-refractivity contribution is 0.0946. The first-order valence-electron chi connectivity index (χ1n) is 8.73. The van der Waals surface area contributed by atoms with E-state index in [4.69, 9.17) is 0 Å². The number of rotatable bonds is 6. The number of benzene rings is 1. The number of hydrogen-bond acceptors (Lipinski definition) is 4. The molecule has 1 aliphatic rings. The van der Waals surface area contributed by atoms with Gasteiger partial charge < -0.3 is 10.6 Å². The molecule has 1 saturated heterocycles. The summed E-state index contributed by atoms with van der Waals surface area (Å²) < 4.78 is 14.8. The predicted molar refractivity (Wildman–Crippen MR) is 94.5 cm³/mol. The number of amides is 1. The molecule has 3 rings (SSSR count). The van der Waals surface area contributed by atoms with E-state index in [1.54, 1.807) is 23.0 Å². The van der Waals surface area contributed by atoms with Crippen molar-refractivity contribution in [2.24, 2.45) is 0 Å². The Morgan fingerprint density at radius 3 is 2.68 bits per heavy atom. The highest BCUT2D eigenvalue weighted by molar-refractivity contribution is 5.95. The molecule has 1 fully saturated rings. The van der Waals surface area contributed by atoms with Gasteiger partial charge in [-0.05, 0) is 30.7 Å². The first kappa shape index (κ1) is 17.6. The average molecular weight is 345 g/mol. The Bertz CT molecular complexity index is 707. The molecule has 0 aliphatic carbocycles. The van der Waals surface area contributed by atoms with Crippen molar-refractivity contribution >= 4 is 5.91 Å². The van der Waals surface area contributed by atoms with Gasteiger partial charge in [0, 0.05) is 39.3 Å². The lowest BCUT2D eigenvalue weighted by atomic mass is 10.2. The summed E-state index contributed by atoms with van der Waals surface area (Å²) in [4.78, 5) is 14.8. The van der Waals surface area contributed by atoms with Crippen molar-refractivity contribution in [3.8, 4) is 5.69 Å². The van der Waals surface area contributed by atoms with Crippen LogP contribution in [0.2, 0.25) is 0 Å². The summed E-state index contributed by atoms with van der Waals surface area (Å²) in [5.41, 5.74) is 2.15. The maximum atomic E-state index is 13.1. The van der Waals surface area contributed by atoms with Crippen LogP contribution in [-0.2, 0) is 6.42 Å². The molecule has 0 saturated carbocycles. The van der Waals surface area contributed by atoms with Gasteiger partial charge in [0.1, 0.15) is 5.82 Å². The second-order valence-electron chi connectivity index (χ2n) is 6.09. The average Bonchev–Trinajstić information content (AvgIpc) is 3.07. The zero-order chi connectivity index (χ0) is 17.6. The fourth-order valence-electron chi connectivity index (χ4n) is 3.07. The molecule has 1 aromatic heterocycles. The second kappa shape index (κ2) is 8.22. The molecule has 0 bridgehead atoms. The van der Waals surface area contributed by atoms with Crippen LogP contribution < -0.4 is 10.6 Å². The molecule has 25 heavy (non-hydrogen) atoms. The molecule has 134 valence electrons. The van der Waals surface area contributed by atoms with E-state index in [-0.39, 0.29) is 11.7 Å². The summed E-state index contributed by atoms with van der Waals surface area (Å²) in [6, 6.07) is 6.11. The van der Waals surface area contributed by atoms with Gasteiger partial charge in [-0.15, -0.1) is 0 Å². The smallest absolute Gasteiger partial charge is 0.254 e. The summed E-state index contributed by atoms with van der Waals surface area (Å²) in [6.45, 7) is 7.47. The van der Waals surface area contributed by atoms with E-state index in [1.807, 2.05) is 6.92 Å². The minimum atomic E-state index is -0.292. The molecule has 2 N–H and O–H groups in total. The third kappa shape index (κ3) is 4.24. The highest BCUT2D eigenvalue weighted by Crippen LogP contribution is 2.16. The van der Waals surface area contributed by atoms with Crippen LogP contribution in [0, 0.1) is 5.82 Å². The van der Waals surface area contributed by atoms with Crippen molar-refractivity contribution in [2.75, 3.05) is 39.3 Å². The minimum absolute atomic E-state index is 0.111. The zero-order valence-electron chi connectivity index (χ0n) is 14.5. The summed E-state index contributed by atoms with van der Waals surface area (Å²) in [5.74, 6) is -0.403. The Morgan fingerprint density at radius 2 is 2.00 bits per heavy atom. The Labute approximate surface area is 147 Å². The maximum absolute atomic E-state index is 13.1. The van der Waals surface area contributed by atoms with Crippen LogP contribution in [0.3, 0.4) is 0 Å². The summed E-state index contributed by atoms with van der Waals surface area (Å²) in [5, 5.41) is 10.6. The van der Waals surface area contributed by atoms with Crippen molar-refractivity contribution in [2.45, 2.75) is 13.3 Å². The highest BCUT2D eigenvalue weighted by Gasteiger charge is 2.17. The van der Waals surface area contributed by atoms with Gasteiger partial charge in [-0.3, -0.25) is 9.69 Å². The SMILES string of the molecule is CCc1c(C(=O)NCCN2CCNCC2)cnn1-c1ccc(F)cc1. The van der Waals surface area contributed by atoms with E-state index < -0.39 is 0 Å². The third-order valence-corrected chi connectivity index (χ3v) is 4.44. The van der Waals surface area contributed by atoms with E-state index >= 15 is 0 Å². The van der Waals surface area contributed by atoms with Gasteiger partial charge in [0.25, 0.3) is 5.91 Å². The fourth-order valence-corrected chi connectivity index (χ4v) is 3.07. The number of aromatic nitrogens is 2. The van der Waals surface area contributed by atoms with E-state index in [0.29, 0.717) is 18.5 Å². The number of halogens is 1. The summed E-state index contributed by atoms with van der Waals surface area (Å²) >= 11 is 0. The lowest BCUT2D eigenvalue weighted by Gasteiger charge is -2.27. The minimum Gasteiger partial charge on any atom is -0.351 e. The van der Waals surface area contributed by atoms with Crippen molar-refractivity contribution in [3.05, 3.63) is 47.5 Å². The normalized spacial score (nSPS) is 15.3. The third-order valence-electron chi connectivity index (χ3n) is 4.44. The van der Waals surface area contributed by atoms with Crippen molar-refractivity contribution < 1.29 is 9.18 Å². The van der Waals surface area contributed by atoms with E-state index in [2.05, 4.69) is 20.6 Å². The van der Waals surface area contributed by atoms with Gasteiger partial charge in [-0.25, -0.2) is 9.07 Å². The van der Waals surface area contributed by atoms with Gasteiger partial charge in [0.15, 0.2) is 0 Å². The number of piperazine rings is 1. The molecule has 7 heteroatoms. The first-order valence-corrected chi connectivity index (χ1v) is 8.73. The molecule has 6 nitrogen and oxygen atoms in total. The van der Waals surface area contributed by atoms with Crippen LogP contribution in [0.5, 0.6) is 0 Å². The van der Waals surface area contributed by atoms with Gasteiger partial charge in [0.05, 0.1) is 23.1 Å². The largest absolute Gasteiger partial charge is 0.351 e. The Morgan fingerprint density at radius 1 is 1.28 bits per heavy atom. The topological polar surface area (TPSA) is 62.2 Å². The van der Waals surface area contributed by atoms with Crippen molar-refractivity contribution in [1.82, 2.24) is 25.3 Å². The number of carbonyl (C=O) groups is 1. The van der Waals surface area contributed by atoms with Crippen LogP contribution in [0.15, 0.2) is 30.5 Å². The molecule has 0 unspecified atom stereocenters. The summed E-state index contributed by atoms with van der Waals surface area (Å²) in [7, 11) is 0. The molecule has 0 spiro atoms. The Hall–Kier alpha value is -2.25. The number of carbonyl (C=O) groups excluding carboxylic acids is 1. The van der Waals surface area contributed by atoms with Gasteiger partial charge in [-0.2, -0.15) is 5.10 Å². The molecule has 2 heterocycles. The van der Waals surface area contributed by atoms with Gasteiger partial charge in [0.2, 0.25) is 0 Å². The van der Waals surface area contributed by atoms with Crippen LogP contribution in [0.4, 0.5) is 4.39 Å². The fraction of sp³-hybridized carbons (Fsp3) is 0.444. The molecule has 1 aromatic carbocycles. The van der Waals surface area contributed by atoms with Crippen LogP contribution in [0.1, 0.15) is 23.0 Å². The zero-order valence-corrected chi connectivity index (χ0v) is 14.5. The lowest BCUT2D eigenvalue weighted by Crippen LogP contribution is -2.46. The van der Waals surface area contributed by atoms with Gasteiger partial charge >= 0.3 is 0 Å².